The van der Waals surface area contributed by atoms with Crippen LogP contribution in [0, 0.1) is 17.8 Å². The maximum atomic E-state index is 12.6. The van der Waals surface area contributed by atoms with Gasteiger partial charge in [-0.05, 0) is 74.5 Å². The van der Waals surface area contributed by atoms with Crippen LogP contribution in [0.1, 0.15) is 48.9 Å². The molecule has 0 unspecified atom stereocenters. The molecule has 0 radical (unpaired) electrons. The van der Waals surface area contributed by atoms with Crippen LogP contribution in [0.3, 0.4) is 0 Å². The summed E-state index contributed by atoms with van der Waals surface area (Å²) in [5.41, 5.74) is 6.89. The highest BCUT2D eigenvalue weighted by Crippen LogP contribution is 2.55. The number of anilines is 1. The fraction of sp³-hybridized carbons (Fsp3) is 0.588. The van der Waals surface area contributed by atoms with E-state index in [1.165, 1.54) is 19.3 Å². The largest absolute Gasteiger partial charge is 0.398 e. The molecular weight excluding hydrogens is 284 g/mol. The molecule has 112 valence electrons. The number of nitrogens with one attached hydrogen (secondary N) is 1. The number of carbonyl (C=O) groups is 1. The first-order valence-electron chi connectivity index (χ1n) is 7.90. The van der Waals surface area contributed by atoms with Gasteiger partial charge < -0.3 is 11.1 Å². The van der Waals surface area contributed by atoms with E-state index >= 15 is 0 Å². The van der Waals surface area contributed by atoms with Gasteiger partial charge in [0.1, 0.15) is 0 Å². The summed E-state index contributed by atoms with van der Waals surface area (Å²) in [4.78, 5) is 12.6. The summed E-state index contributed by atoms with van der Waals surface area (Å²) in [5.74, 6) is 2.48. The second-order valence-electron chi connectivity index (χ2n) is 7.39. The number of hydrogen-bond donors (Lipinski definition) is 2. The zero-order valence-corrected chi connectivity index (χ0v) is 12.8. The zero-order chi connectivity index (χ0) is 14.6. The van der Waals surface area contributed by atoms with E-state index in [2.05, 4.69) is 5.32 Å². The predicted octanol–water partition coefficient (Wildman–Crippen LogP) is 3.62. The van der Waals surface area contributed by atoms with Crippen LogP contribution in [0.15, 0.2) is 18.2 Å². The predicted molar refractivity (Wildman–Crippen MR) is 84.2 cm³/mol. The lowest BCUT2D eigenvalue weighted by Gasteiger charge is -2.56. The number of nitrogens with two attached hydrogens (primary N) is 1. The third-order valence-electron chi connectivity index (χ3n) is 5.68. The zero-order valence-electron chi connectivity index (χ0n) is 12.1. The Hall–Kier alpha value is -1.22. The molecule has 0 aliphatic heterocycles. The van der Waals surface area contributed by atoms with Gasteiger partial charge in [-0.2, -0.15) is 0 Å². The van der Waals surface area contributed by atoms with Crippen LogP contribution < -0.4 is 11.1 Å². The Kier molecular flexibility index (Phi) is 2.97. The Morgan fingerprint density at radius 2 is 1.71 bits per heavy atom. The molecule has 4 saturated carbocycles. The van der Waals surface area contributed by atoms with Crippen molar-refractivity contribution in [3.63, 3.8) is 0 Å². The van der Waals surface area contributed by atoms with Crippen LogP contribution in [-0.4, -0.2) is 11.4 Å². The van der Waals surface area contributed by atoms with E-state index in [-0.39, 0.29) is 11.4 Å². The van der Waals surface area contributed by atoms with Gasteiger partial charge in [-0.1, -0.05) is 11.6 Å². The molecule has 21 heavy (non-hydrogen) atoms. The standard InChI is InChI=1S/C17H21ClN2O/c18-14-6-13(1-2-15(14)19)16(21)20-17-7-10-3-11(8-17)5-12(4-10)9-17/h1-2,6,10-12H,3-5,7-9,19H2,(H,20,21). The first-order chi connectivity index (χ1) is 10.0. The maximum absolute atomic E-state index is 12.6. The molecule has 1 aromatic carbocycles. The molecular formula is C17H21ClN2O. The fourth-order valence-electron chi connectivity index (χ4n) is 5.25. The Bertz CT molecular complexity index is 563. The molecule has 0 saturated heterocycles. The quantitative estimate of drug-likeness (QED) is 0.820. The van der Waals surface area contributed by atoms with Crippen LogP contribution in [0.5, 0.6) is 0 Å². The van der Waals surface area contributed by atoms with Gasteiger partial charge in [-0.15, -0.1) is 0 Å². The third-order valence-corrected chi connectivity index (χ3v) is 6.01. The Morgan fingerprint density at radius 1 is 1.14 bits per heavy atom. The van der Waals surface area contributed by atoms with E-state index < -0.39 is 0 Å². The van der Waals surface area contributed by atoms with Crippen molar-refractivity contribution >= 4 is 23.2 Å². The lowest BCUT2D eigenvalue weighted by molar-refractivity contribution is -0.0167. The van der Waals surface area contributed by atoms with Crippen molar-refractivity contribution in [2.75, 3.05) is 5.73 Å². The highest BCUT2D eigenvalue weighted by molar-refractivity contribution is 6.33. The molecule has 4 aliphatic rings. The number of carbonyl (C=O) groups excluding carboxylic acids is 1. The van der Waals surface area contributed by atoms with Crippen molar-refractivity contribution in [3.05, 3.63) is 28.8 Å². The second-order valence-corrected chi connectivity index (χ2v) is 7.80. The van der Waals surface area contributed by atoms with Gasteiger partial charge in [0.2, 0.25) is 0 Å². The number of nitrogen functional groups attached to an aromatic ring is 1. The number of rotatable bonds is 2. The average molecular weight is 305 g/mol. The van der Waals surface area contributed by atoms with Crippen molar-refractivity contribution in [1.82, 2.24) is 5.32 Å². The van der Waals surface area contributed by atoms with Crippen LogP contribution >= 0.6 is 11.6 Å². The van der Waals surface area contributed by atoms with Crippen molar-refractivity contribution < 1.29 is 4.79 Å². The molecule has 4 bridgehead atoms. The van der Waals surface area contributed by atoms with Crippen LogP contribution in [0.4, 0.5) is 5.69 Å². The van der Waals surface area contributed by atoms with Gasteiger partial charge in [0.25, 0.3) is 5.91 Å². The number of halogens is 1. The average Bonchev–Trinajstić information content (AvgIpc) is 2.39. The third kappa shape index (κ3) is 2.32. The molecule has 4 heteroatoms. The van der Waals surface area contributed by atoms with Gasteiger partial charge >= 0.3 is 0 Å². The maximum Gasteiger partial charge on any atom is 0.251 e. The Balaban J connectivity index is 1.55. The normalized spacial score (nSPS) is 36.7. The molecule has 3 nitrogen and oxygen atoms in total. The van der Waals surface area contributed by atoms with E-state index in [0.717, 1.165) is 37.0 Å². The summed E-state index contributed by atoms with van der Waals surface area (Å²) in [7, 11) is 0. The Morgan fingerprint density at radius 3 is 2.24 bits per heavy atom. The topological polar surface area (TPSA) is 55.1 Å². The highest BCUT2D eigenvalue weighted by atomic mass is 35.5. The van der Waals surface area contributed by atoms with E-state index in [1.807, 2.05) is 0 Å². The minimum atomic E-state index is -0.00106. The van der Waals surface area contributed by atoms with Gasteiger partial charge in [0.15, 0.2) is 0 Å². The van der Waals surface area contributed by atoms with Crippen LogP contribution in [-0.2, 0) is 0 Å². The molecule has 5 rings (SSSR count). The van der Waals surface area contributed by atoms with Crippen LogP contribution in [0.25, 0.3) is 0 Å². The van der Waals surface area contributed by atoms with Gasteiger partial charge in [0, 0.05) is 11.1 Å². The highest BCUT2D eigenvalue weighted by Gasteiger charge is 2.51. The molecule has 4 fully saturated rings. The first-order valence-corrected chi connectivity index (χ1v) is 8.28. The van der Waals surface area contributed by atoms with E-state index in [0.29, 0.717) is 16.3 Å². The van der Waals surface area contributed by atoms with Crippen molar-refractivity contribution in [2.45, 2.75) is 44.1 Å². The summed E-state index contributed by atoms with van der Waals surface area (Å²) < 4.78 is 0. The minimum Gasteiger partial charge on any atom is -0.398 e. The molecule has 0 spiro atoms. The molecule has 4 aliphatic carbocycles. The number of hydrogen-bond acceptors (Lipinski definition) is 2. The summed E-state index contributed by atoms with van der Waals surface area (Å²) >= 11 is 6.03. The molecule has 0 heterocycles. The van der Waals surface area contributed by atoms with Gasteiger partial charge in [-0.25, -0.2) is 0 Å². The second kappa shape index (κ2) is 4.64. The fourth-order valence-corrected chi connectivity index (χ4v) is 5.43. The smallest absolute Gasteiger partial charge is 0.251 e. The van der Waals surface area contributed by atoms with Gasteiger partial charge in [0.05, 0.1) is 10.7 Å². The number of amides is 1. The lowest BCUT2D eigenvalue weighted by Crippen LogP contribution is -2.59. The Labute approximate surface area is 130 Å². The lowest BCUT2D eigenvalue weighted by atomic mass is 9.53. The summed E-state index contributed by atoms with van der Waals surface area (Å²) in [5, 5.41) is 3.80. The molecule has 3 N–H and O–H groups in total. The summed E-state index contributed by atoms with van der Waals surface area (Å²) in [6, 6.07) is 5.14. The summed E-state index contributed by atoms with van der Waals surface area (Å²) in [6.45, 7) is 0. The first kappa shape index (κ1) is 13.4. The minimum absolute atomic E-state index is 0.00106. The molecule has 0 aromatic heterocycles. The van der Waals surface area contributed by atoms with Crippen molar-refractivity contribution in [2.24, 2.45) is 17.8 Å². The van der Waals surface area contributed by atoms with E-state index in [4.69, 9.17) is 17.3 Å². The van der Waals surface area contributed by atoms with Gasteiger partial charge in [-0.3, -0.25) is 4.79 Å². The van der Waals surface area contributed by atoms with E-state index in [1.54, 1.807) is 18.2 Å². The SMILES string of the molecule is Nc1ccc(C(=O)NC23CC4CC(CC(C4)C2)C3)cc1Cl. The van der Waals surface area contributed by atoms with Crippen molar-refractivity contribution in [1.29, 1.82) is 0 Å². The van der Waals surface area contributed by atoms with E-state index in [9.17, 15) is 4.79 Å². The van der Waals surface area contributed by atoms with Crippen LogP contribution in [0.2, 0.25) is 5.02 Å². The monoisotopic (exact) mass is 304 g/mol. The molecule has 1 amide bonds. The molecule has 0 atom stereocenters. The summed E-state index contributed by atoms with van der Waals surface area (Å²) in [6.07, 6.45) is 7.61. The number of benzene rings is 1. The van der Waals surface area contributed by atoms with Crippen molar-refractivity contribution in [3.8, 4) is 0 Å². The molecule has 1 aromatic rings.